The highest BCUT2D eigenvalue weighted by atomic mass is 16.6. The molecule has 8 heteroatoms. The first-order valence-electron chi connectivity index (χ1n) is 9.46. The number of hydrogen-bond acceptors (Lipinski definition) is 5. The smallest absolute Gasteiger partial charge is 0.269 e. The van der Waals surface area contributed by atoms with Gasteiger partial charge in [-0.15, -0.1) is 0 Å². The fourth-order valence-corrected chi connectivity index (χ4v) is 3.17. The van der Waals surface area contributed by atoms with Crippen LogP contribution in [0, 0.1) is 10.1 Å². The number of non-ortho nitro benzene ring substituents is 1. The zero-order chi connectivity index (χ0) is 22.4. The number of primary amides is 1. The molecular weight excluding hydrogens is 398 g/mol. The second kappa shape index (κ2) is 9.53. The van der Waals surface area contributed by atoms with Gasteiger partial charge in [0.2, 0.25) is 5.91 Å². The number of nitro groups is 1. The molecule has 0 aliphatic rings. The van der Waals surface area contributed by atoms with Crippen LogP contribution in [0.1, 0.15) is 15.9 Å². The van der Waals surface area contributed by atoms with E-state index in [1.807, 2.05) is 42.5 Å². The molecule has 31 heavy (non-hydrogen) atoms. The molecule has 0 radical (unpaired) electrons. The van der Waals surface area contributed by atoms with E-state index in [1.165, 1.54) is 25.3 Å². The zero-order valence-electron chi connectivity index (χ0n) is 16.8. The lowest BCUT2D eigenvalue weighted by Crippen LogP contribution is -2.45. The van der Waals surface area contributed by atoms with Crippen LogP contribution >= 0.6 is 0 Å². The van der Waals surface area contributed by atoms with Crippen LogP contribution in [0.2, 0.25) is 0 Å². The average molecular weight is 419 g/mol. The lowest BCUT2D eigenvalue weighted by atomic mass is 10.0. The van der Waals surface area contributed by atoms with E-state index in [9.17, 15) is 19.7 Å². The first kappa shape index (κ1) is 21.5. The Bertz CT molecular complexity index is 1100. The summed E-state index contributed by atoms with van der Waals surface area (Å²) in [5, 5.41) is 13.7. The van der Waals surface area contributed by atoms with E-state index in [1.54, 1.807) is 12.1 Å². The Balaban J connectivity index is 1.77. The zero-order valence-corrected chi connectivity index (χ0v) is 16.8. The number of nitrogens with one attached hydrogen (secondary N) is 1. The Kier molecular flexibility index (Phi) is 6.61. The molecule has 2 amide bonds. The standard InChI is InChI=1S/C23H21N3O5/c1-31-21-12-11-19(26(29)30)13-18(21)14-20(22(24)27)25-23(28)17-9-7-16(8-10-17)15-5-3-2-4-6-15/h2-13,20H,14H2,1H3,(H2,24,27)(H,25,28)/t20-/m1/s1. The molecule has 0 bridgehead atoms. The lowest BCUT2D eigenvalue weighted by Gasteiger charge is -2.17. The van der Waals surface area contributed by atoms with Crippen LogP contribution in [0.15, 0.2) is 72.8 Å². The highest BCUT2D eigenvalue weighted by molar-refractivity contribution is 5.97. The van der Waals surface area contributed by atoms with Gasteiger partial charge in [-0.25, -0.2) is 0 Å². The summed E-state index contributed by atoms with van der Waals surface area (Å²) in [5.41, 5.74) is 8.03. The molecule has 0 aliphatic carbocycles. The van der Waals surface area contributed by atoms with Crippen molar-refractivity contribution in [3.63, 3.8) is 0 Å². The lowest BCUT2D eigenvalue weighted by molar-refractivity contribution is -0.384. The van der Waals surface area contributed by atoms with Crippen molar-refractivity contribution in [1.29, 1.82) is 0 Å². The molecule has 0 aromatic heterocycles. The van der Waals surface area contributed by atoms with Crippen LogP contribution in [0.4, 0.5) is 5.69 Å². The van der Waals surface area contributed by atoms with Crippen molar-refractivity contribution in [2.75, 3.05) is 7.11 Å². The fraction of sp³-hybridized carbons (Fsp3) is 0.130. The summed E-state index contributed by atoms with van der Waals surface area (Å²) in [6.45, 7) is 0. The van der Waals surface area contributed by atoms with Gasteiger partial charge in [0.1, 0.15) is 11.8 Å². The molecule has 0 aliphatic heterocycles. The maximum absolute atomic E-state index is 12.7. The van der Waals surface area contributed by atoms with Gasteiger partial charge in [0.05, 0.1) is 12.0 Å². The molecule has 3 rings (SSSR count). The first-order chi connectivity index (χ1) is 14.9. The third-order valence-corrected chi connectivity index (χ3v) is 4.80. The van der Waals surface area contributed by atoms with Crippen molar-refractivity contribution < 1.29 is 19.2 Å². The van der Waals surface area contributed by atoms with Crippen LogP contribution in [-0.2, 0) is 11.2 Å². The number of carbonyl (C=O) groups excluding carboxylic acids is 2. The maximum atomic E-state index is 12.7. The SMILES string of the molecule is COc1ccc([N+](=O)[O-])cc1C[C@@H](NC(=O)c1ccc(-c2ccccc2)cc1)C(N)=O. The maximum Gasteiger partial charge on any atom is 0.269 e. The van der Waals surface area contributed by atoms with E-state index in [-0.39, 0.29) is 12.1 Å². The average Bonchev–Trinajstić information content (AvgIpc) is 2.79. The van der Waals surface area contributed by atoms with E-state index in [0.29, 0.717) is 16.9 Å². The molecule has 158 valence electrons. The molecule has 0 fully saturated rings. The molecule has 0 saturated heterocycles. The van der Waals surface area contributed by atoms with Crippen molar-refractivity contribution in [1.82, 2.24) is 5.32 Å². The quantitative estimate of drug-likeness (QED) is 0.429. The number of amides is 2. The van der Waals surface area contributed by atoms with Gasteiger partial charge < -0.3 is 15.8 Å². The molecular formula is C23H21N3O5. The van der Waals surface area contributed by atoms with Crippen molar-refractivity contribution in [2.45, 2.75) is 12.5 Å². The minimum atomic E-state index is -1.07. The number of ether oxygens (including phenoxy) is 1. The van der Waals surface area contributed by atoms with Crippen molar-refractivity contribution in [2.24, 2.45) is 5.73 Å². The highest BCUT2D eigenvalue weighted by Crippen LogP contribution is 2.25. The minimum Gasteiger partial charge on any atom is -0.496 e. The van der Waals surface area contributed by atoms with E-state index < -0.39 is 22.8 Å². The number of methoxy groups -OCH3 is 1. The topological polar surface area (TPSA) is 125 Å². The number of hydrogen-bond donors (Lipinski definition) is 2. The van der Waals surface area contributed by atoms with Gasteiger partial charge in [-0.3, -0.25) is 19.7 Å². The summed E-state index contributed by atoms with van der Waals surface area (Å²) in [6, 6.07) is 19.6. The normalized spacial score (nSPS) is 11.4. The summed E-state index contributed by atoms with van der Waals surface area (Å²) >= 11 is 0. The number of nitrogens with two attached hydrogens (primary N) is 1. The third kappa shape index (κ3) is 5.24. The molecule has 3 N–H and O–H groups in total. The summed E-state index contributed by atoms with van der Waals surface area (Å²) < 4.78 is 5.22. The third-order valence-electron chi connectivity index (χ3n) is 4.80. The van der Waals surface area contributed by atoms with Crippen LogP contribution < -0.4 is 15.8 Å². The first-order valence-corrected chi connectivity index (χ1v) is 9.46. The molecule has 1 atom stereocenters. The Morgan fingerprint density at radius 1 is 1.03 bits per heavy atom. The van der Waals surface area contributed by atoms with E-state index in [0.717, 1.165) is 11.1 Å². The van der Waals surface area contributed by atoms with Gasteiger partial charge in [-0.2, -0.15) is 0 Å². The van der Waals surface area contributed by atoms with Crippen LogP contribution in [-0.4, -0.2) is 29.9 Å². The molecule has 8 nitrogen and oxygen atoms in total. The van der Waals surface area contributed by atoms with Crippen molar-refractivity contribution in [3.8, 4) is 16.9 Å². The Hall–Kier alpha value is -4.20. The summed E-state index contributed by atoms with van der Waals surface area (Å²) in [7, 11) is 1.41. The van der Waals surface area contributed by atoms with E-state index >= 15 is 0 Å². The van der Waals surface area contributed by atoms with Gasteiger partial charge in [0.25, 0.3) is 11.6 Å². The van der Waals surface area contributed by atoms with Gasteiger partial charge >= 0.3 is 0 Å². The Morgan fingerprint density at radius 3 is 2.26 bits per heavy atom. The molecule has 0 heterocycles. The van der Waals surface area contributed by atoms with Crippen molar-refractivity contribution in [3.05, 3.63) is 94.0 Å². The monoisotopic (exact) mass is 419 g/mol. The second-order valence-electron chi connectivity index (χ2n) is 6.83. The largest absolute Gasteiger partial charge is 0.496 e. The molecule has 3 aromatic carbocycles. The molecule has 0 spiro atoms. The molecule has 0 saturated carbocycles. The van der Waals surface area contributed by atoms with Crippen LogP contribution in [0.25, 0.3) is 11.1 Å². The summed E-state index contributed by atoms with van der Waals surface area (Å²) in [6.07, 6.45) is -0.0476. The minimum absolute atomic E-state index is 0.0476. The number of nitro benzene ring substituents is 1. The summed E-state index contributed by atoms with van der Waals surface area (Å²) in [5.74, 6) is -0.881. The molecule has 3 aromatic rings. The summed E-state index contributed by atoms with van der Waals surface area (Å²) in [4.78, 5) is 35.2. The van der Waals surface area contributed by atoms with Crippen LogP contribution in [0.3, 0.4) is 0 Å². The number of nitrogens with zero attached hydrogens (tertiary/aromatic N) is 1. The Labute approximate surface area is 178 Å². The van der Waals surface area contributed by atoms with Gasteiger partial charge in [0, 0.05) is 29.7 Å². The predicted octanol–water partition coefficient (Wildman–Crippen LogP) is 3.10. The second-order valence-corrected chi connectivity index (χ2v) is 6.83. The number of carbonyl (C=O) groups is 2. The molecule has 0 unspecified atom stereocenters. The van der Waals surface area contributed by atoms with Gasteiger partial charge in [-0.05, 0) is 29.3 Å². The predicted molar refractivity (Wildman–Crippen MR) is 116 cm³/mol. The van der Waals surface area contributed by atoms with Crippen LogP contribution in [0.5, 0.6) is 5.75 Å². The fourth-order valence-electron chi connectivity index (χ4n) is 3.17. The van der Waals surface area contributed by atoms with Gasteiger partial charge in [0.15, 0.2) is 0 Å². The Morgan fingerprint density at radius 2 is 1.68 bits per heavy atom. The van der Waals surface area contributed by atoms with E-state index in [2.05, 4.69) is 5.32 Å². The number of benzene rings is 3. The van der Waals surface area contributed by atoms with Gasteiger partial charge in [-0.1, -0.05) is 42.5 Å². The highest BCUT2D eigenvalue weighted by Gasteiger charge is 2.22. The number of rotatable bonds is 8. The van der Waals surface area contributed by atoms with E-state index in [4.69, 9.17) is 10.5 Å². The van der Waals surface area contributed by atoms with Crippen molar-refractivity contribution >= 4 is 17.5 Å².